The van der Waals surface area contributed by atoms with Gasteiger partial charge in [0, 0.05) is 24.2 Å². The zero-order valence-electron chi connectivity index (χ0n) is 20.3. The van der Waals surface area contributed by atoms with Gasteiger partial charge in [0.15, 0.2) is 0 Å². The van der Waals surface area contributed by atoms with E-state index in [-0.39, 0.29) is 33.2 Å². The molecule has 2 atom stereocenters. The number of anilines is 1. The Labute approximate surface area is 207 Å². The molecule has 7 nitrogen and oxygen atoms in total. The first kappa shape index (κ1) is 25.2. The second kappa shape index (κ2) is 10.0. The van der Waals surface area contributed by atoms with Crippen LogP contribution >= 0.6 is 11.3 Å². The normalized spacial score (nSPS) is 17.2. The fraction of sp³-hybridized carbons (Fsp3) is 0.480. The van der Waals surface area contributed by atoms with Crippen molar-refractivity contribution in [3.63, 3.8) is 0 Å². The predicted molar refractivity (Wildman–Crippen MR) is 134 cm³/mol. The van der Waals surface area contributed by atoms with E-state index in [1.165, 1.54) is 12.1 Å². The van der Waals surface area contributed by atoms with Crippen molar-refractivity contribution in [2.75, 3.05) is 11.9 Å². The minimum absolute atomic E-state index is 0.0320. The Balaban J connectivity index is 1.64. The van der Waals surface area contributed by atoms with Crippen LogP contribution in [-0.4, -0.2) is 40.0 Å². The Morgan fingerprint density at radius 3 is 2.63 bits per heavy atom. The summed E-state index contributed by atoms with van der Waals surface area (Å²) in [6, 6.07) is 8.16. The van der Waals surface area contributed by atoms with Crippen LogP contribution in [0.25, 0.3) is 11.0 Å². The molecule has 2 amide bonds. The molecule has 3 heterocycles. The summed E-state index contributed by atoms with van der Waals surface area (Å²) >= 11 is 0.764. The van der Waals surface area contributed by atoms with E-state index in [1.807, 2.05) is 17.6 Å². The number of alkyl halides is 2. The number of halogens is 2. The van der Waals surface area contributed by atoms with Crippen LogP contribution in [0, 0.1) is 5.41 Å². The summed E-state index contributed by atoms with van der Waals surface area (Å²) in [5.41, 5.74) is 1.76. The third-order valence-corrected chi connectivity index (χ3v) is 7.60. The van der Waals surface area contributed by atoms with E-state index in [2.05, 4.69) is 41.7 Å². The van der Waals surface area contributed by atoms with Gasteiger partial charge < -0.3 is 15.2 Å². The molecule has 0 aliphatic carbocycles. The van der Waals surface area contributed by atoms with Gasteiger partial charge in [0.1, 0.15) is 0 Å². The van der Waals surface area contributed by atoms with E-state index in [0.717, 1.165) is 36.2 Å². The molecular formula is C25H31F2N5O2S. The van der Waals surface area contributed by atoms with Crippen molar-refractivity contribution in [1.29, 1.82) is 0 Å². The molecule has 1 fully saturated rings. The summed E-state index contributed by atoms with van der Waals surface area (Å²) in [6.07, 6.45) is -0.549. The second-order valence-electron chi connectivity index (χ2n) is 10.1. The number of nitrogens with zero attached hydrogens (tertiary/aromatic N) is 2. The maximum atomic E-state index is 13.0. The first-order valence-corrected chi connectivity index (χ1v) is 12.6. The topological polar surface area (TPSA) is 88.1 Å². The van der Waals surface area contributed by atoms with E-state index in [4.69, 9.17) is 0 Å². The molecule has 0 bridgehead atoms. The highest BCUT2D eigenvalue weighted by Gasteiger charge is 2.24. The quantitative estimate of drug-likeness (QED) is 0.413. The Morgan fingerprint density at radius 1 is 1.23 bits per heavy atom. The fourth-order valence-corrected chi connectivity index (χ4v) is 4.69. The van der Waals surface area contributed by atoms with Crippen molar-refractivity contribution in [3.05, 3.63) is 45.6 Å². The molecule has 0 saturated carbocycles. The number of carbonyl (C=O) groups is 2. The fourth-order valence-electron chi connectivity index (χ4n) is 3.94. The van der Waals surface area contributed by atoms with Crippen molar-refractivity contribution in [3.8, 4) is 0 Å². The number of hydrogen-bond donors (Lipinski definition) is 3. The number of nitrogens with one attached hydrogen (secondary N) is 3. The lowest BCUT2D eigenvalue weighted by Crippen LogP contribution is -2.41. The number of carbonyl (C=O) groups excluding carboxylic acids is 2. The van der Waals surface area contributed by atoms with Gasteiger partial charge in [-0.1, -0.05) is 20.8 Å². The molecule has 1 saturated heterocycles. The lowest BCUT2D eigenvalue weighted by Gasteiger charge is -2.28. The van der Waals surface area contributed by atoms with Crippen molar-refractivity contribution in [2.45, 2.75) is 65.6 Å². The van der Waals surface area contributed by atoms with Crippen LogP contribution < -0.4 is 16.0 Å². The molecule has 0 unspecified atom stereocenters. The van der Waals surface area contributed by atoms with Crippen molar-refractivity contribution >= 4 is 40.1 Å². The summed E-state index contributed by atoms with van der Waals surface area (Å²) in [5.74, 6) is -0.355. The Kier molecular flexibility index (Phi) is 7.23. The summed E-state index contributed by atoms with van der Waals surface area (Å²) in [5, 5.41) is 9.27. The maximum Gasteiger partial charge on any atom is 0.272 e. The van der Waals surface area contributed by atoms with Gasteiger partial charge in [0.25, 0.3) is 18.2 Å². The number of hydrogen-bond acceptors (Lipinski definition) is 5. The molecule has 1 aromatic carbocycles. The summed E-state index contributed by atoms with van der Waals surface area (Å²) in [7, 11) is 0. The maximum absolute atomic E-state index is 13.0. The van der Waals surface area contributed by atoms with Crippen LogP contribution in [-0.2, 0) is 6.54 Å². The highest BCUT2D eigenvalue weighted by molar-refractivity contribution is 7.14. The van der Waals surface area contributed by atoms with E-state index in [0.29, 0.717) is 23.6 Å². The van der Waals surface area contributed by atoms with Gasteiger partial charge in [0.05, 0.1) is 20.8 Å². The average molecular weight is 504 g/mol. The number of fused-ring (bicyclic) bond motifs is 1. The molecule has 2 aromatic heterocycles. The number of benzene rings is 1. The number of amides is 2. The third kappa shape index (κ3) is 5.70. The van der Waals surface area contributed by atoms with Crippen LogP contribution in [0.4, 0.5) is 14.7 Å². The number of thiophene rings is 1. The van der Waals surface area contributed by atoms with Gasteiger partial charge in [-0.2, -0.15) is 0 Å². The molecule has 3 aromatic rings. The molecule has 4 rings (SSSR count). The number of imidazole rings is 1. The molecule has 0 spiro atoms. The van der Waals surface area contributed by atoms with Crippen molar-refractivity contribution in [1.82, 2.24) is 20.2 Å². The molecule has 1 aliphatic heterocycles. The van der Waals surface area contributed by atoms with E-state index >= 15 is 0 Å². The van der Waals surface area contributed by atoms with Crippen LogP contribution in [0.2, 0.25) is 0 Å². The highest BCUT2D eigenvalue weighted by Crippen LogP contribution is 2.29. The number of rotatable bonds is 7. The van der Waals surface area contributed by atoms with E-state index < -0.39 is 12.3 Å². The largest absolute Gasteiger partial charge is 0.349 e. The first-order chi connectivity index (χ1) is 16.5. The van der Waals surface area contributed by atoms with Crippen LogP contribution in [0.5, 0.6) is 0 Å². The molecule has 10 heteroatoms. The molecule has 0 radical (unpaired) electrons. The zero-order valence-corrected chi connectivity index (χ0v) is 21.1. The minimum atomic E-state index is -2.62. The third-order valence-electron chi connectivity index (χ3n) is 6.51. The van der Waals surface area contributed by atoms with E-state index in [1.54, 1.807) is 12.1 Å². The molecule has 3 N–H and O–H groups in total. The lowest BCUT2D eigenvalue weighted by atomic mass is 9.88. The molecule has 35 heavy (non-hydrogen) atoms. The van der Waals surface area contributed by atoms with Gasteiger partial charge in [0.2, 0.25) is 5.95 Å². The smallest absolute Gasteiger partial charge is 0.272 e. The summed E-state index contributed by atoms with van der Waals surface area (Å²) in [4.78, 5) is 30.3. The van der Waals surface area contributed by atoms with Gasteiger partial charge in [-0.3, -0.25) is 14.9 Å². The molecular weight excluding hydrogens is 472 g/mol. The van der Waals surface area contributed by atoms with Gasteiger partial charge >= 0.3 is 0 Å². The Morgan fingerprint density at radius 2 is 2.00 bits per heavy atom. The average Bonchev–Trinajstić information content (AvgIpc) is 3.54. The summed E-state index contributed by atoms with van der Waals surface area (Å²) in [6.45, 7) is 9.68. The Hall–Kier alpha value is -2.85. The van der Waals surface area contributed by atoms with Crippen molar-refractivity contribution < 1.29 is 18.4 Å². The standard InChI is InChI=1S/C25H31F2N5O2S/c1-14(25(2,3)4)29-22(33)15-7-8-18-17(12-15)30-24(32(18)13-16-6-5-11-28-16)31-23(34)20-10-9-19(35-20)21(26)27/h7-10,12,14,16,21,28H,5-6,11,13H2,1-4H3,(H,29,33)(H,30,31,34)/t14-,16+/m0/s1. The van der Waals surface area contributed by atoms with Crippen molar-refractivity contribution in [2.24, 2.45) is 5.41 Å². The molecule has 1 aliphatic rings. The zero-order chi connectivity index (χ0) is 25.3. The second-order valence-corrected chi connectivity index (χ2v) is 11.2. The lowest BCUT2D eigenvalue weighted by molar-refractivity contribution is 0.0909. The van der Waals surface area contributed by atoms with E-state index in [9.17, 15) is 18.4 Å². The summed E-state index contributed by atoms with van der Waals surface area (Å²) < 4.78 is 27.9. The van der Waals surface area contributed by atoms with Crippen LogP contribution in [0.15, 0.2) is 30.3 Å². The highest BCUT2D eigenvalue weighted by atomic mass is 32.1. The SMILES string of the molecule is C[C@H](NC(=O)c1ccc2c(c1)nc(NC(=O)c1ccc(C(F)F)s1)n2C[C@H]1CCCN1)C(C)(C)C. The minimum Gasteiger partial charge on any atom is -0.349 e. The Bertz CT molecular complexity index is 1220. The first-order valence-electron chi connectivity index (χ1n) is 11.8. The van der Waals surface area contributed by atoms with Gasteiger partial charge in [-0.15, -0.1) is 11.3 Å². The van der Waals surface area contributed by atoms with Gasteiger partial charge in [-0.25, -0.2) is 13.8 Å². The monoisotopic (exact) mass is 503 g/mol. The van der Waals surface area contributed by atoms with Gasteiger partial charge in [-0.05, 0) is 62.1 Å². The molecule has 188 valence electrons. The predicted octanol–water partition coefficient (Wildman–Crippen LogP) is 5.20. The number of aromatic nitrogens is 2. The van der Waals surface area contributed by atoms with Crippen LogP contribution in [0.3, 0.4) is 0 Å². The van der Waals surface area contributed by atoms with Crippen LogP contribution in [0.1, 0.15) is 71.9 Å².